The molecule has 1 aromatic rings. The molecule has 1 aliphatic heterocycles. The van der Waals surface area contributed by atoms with Gasteiger partial charge in [-0.25, -0.2) is 0 Å². The monoisotopic (exact) mass is 237 g/mol. The molecular weight excluding hydrogens is 228 g/mol. The summed E-state index contributed by atoms with van der Waals surface area (Å²) in [4.78, 5) is 0. The van der Waals surface area contributed by atoms with Gasteiger partial charge in [0.1, 0.15) is 0 Å². The van der Waals surface area contributed by atoms with E-state index in [1.807, 2.05) is 0 Å². The van der Waals surface area contributed by atoms with Gasteiger partial charge in [-0.3, -0.25) is 0 Å². The van der Waals surface area contributed by atoms with Gasteiger partial charge >= 0.3 is 6.29 Å². The number of ether oxygens (including phenoxy) is 2. The van der Waals surface area contributed by atoms with Gasteiger partial charge in [-0.2, -0.15) is 0 Å². The molecule has 3 nitrogen and oxygen atoms in total. The lowest BCUT2D eigenvalue weighted by molar-refractivity contribution is -0.286. The van der Waals surface area contributed by atoms with E-state index in [0.717, 1.165) is 0 Å². The predicted octanol–water partition coefficient (Wildman–Crippen LogP) is 2.15. The van der Waals surface area contributed by atoms with Gasteiger partial charge in [0.2, 0.25) is 0 Å². The SMILES string of the molecule is CNCc1cccc2c1OC(F)(F)O2.Cl. The topological polar surface area (TPSA) is 30.5 Å². The summed E-state index contributed by atoms with van der Waals surface area (Å²) in [6.07, 6.45) is -3.54. The molecule has 1 aromatic carbocycles. The average Bonchev–Trinajstić information content (AvgIpc) is 2.41. The first kappa shape index (κ1) is 12.0. The number of hydrogen-bond donors (Lipinski definition) is 1. The maximum Gasteiger partial charge on any atom is 0.586 e. The minimum absolute atomic E-state index is 0. The van der Waals surface area contributed by atoms with E-state index < -0.39 is 6.29 Å². The number of rotatable bonds is 2. The minimum atomic E-state index is -3.54. The Morgan fingerprint density at radius 2 is 2.07 bits per heavy atom. The summed E-state index contributed by atoms with van der Waals surface area (Å²) in [5.41, 5.74) is 0.655. The maximum atomic E-state index is 12.7. The van der Waals surface area contributed by atoms with E-state index >= 15 is 0 Å². The van der Waals surface area contributed by atoms with Crippen LogP contribution >= 0.6 is 12.4 Å². The summed E-state index contributed by atoms with van der Waals surface area (Å²) >= 11 is 0. The molecule has 15 heavy (non-hydrogen) atoms. The van der Waals surface area contributed by atoms with Crippen molar-refractivity contribution in [3.05, 3.63) is 23.8 Å². The van der Waals surface area contributed by atoms with Crippen LogP contribution in [0.4, 0.5) is 8.78 Å². The molecule has 0 amide bonds. The van der Waals surface area contributed by atoms with E-state index in [-0.39, 0.29) is 23.9 Å². The molecule has 0 radical (unpaired) electrons. The standard InChI is InChI=1S/C9H9F2NO2.ClH/c1-12-5-6-3-2-4-7-8(6)14-9(10,11)13-7;/h2-4,12H,5H2,1H3;1H. The van der Waals surface area contributed by atoms with Crippen LogP contribution < -0.4 is 14.8 Å². The van der Waals surface area contributed by atoms with Crippen molar-refractivity contribution in [2.75, 3.05) is 7.05 Å². The Hall–Kier alpha value is -1.07. The van der Waals surface area contributed by atoms with Gasteiger partial charge in [-0.05, 0) is 13.1 Å². The first-order valence-corrected chi connectivity index (χ1v) is 4.15. The maximum absolute atomic E-state index is 12.7. The third-order valence-corrected chi connectivity index (χ3v) is 1.88. The highest BCUT2D eigenvalue weighted by molar-refractivity contribution is 5.85. The van der Waals surface area contributed by atoms with Crippen LogP contribution in [0, 0.1) is 0 Å². The molecule has 0 bridgehead atoms. The second-order valence-corrected chi connectivity index (χ2v) is 2.94. The highest BCUT2D eigenvalue weighted by Gasteiger charge is 2.44. The molecule has 0 atom stereocenters. The van der Waals surface area contributed by atoms with Gasteiger partial charge in [0.25, 0.3) is 0 Å². The number of nitrogens with one attached hydrogen (secondary N) is 1. The zero-order valence-corrected chi connectivity index (χ0v) is 8.74. The highest BCUT2D eigenvalue weighted by atomic mass is 35.5. The Morgan fingerprint density at radius 3 is 2.73 bits per heavy atom. The summed E-state index contributed by atoms with van der Waals surface area (Å²) in [5.74, 6) is 0.203. The smallest absolute Gasteiger partial charge is 0.395 e. The van der Waals surface area contributed by atoms with Gasteiger partial charge < -0.3 is 14.8 Å². The summed E-state index contributed by atoms with van der Waals surface area (Å²) in [6.45, 7) is 0.461. The van der Waals surface area contributed by atoms with Crippen molar-refractivity contribution in [2.24, 2.45) is 0 Å². The molecule has 84 valence electrons. The largest absolute Gasteiger partial charge is 0.586 e. The second kappa shape index (κ2) is 4.20. The molecule has 0 unspecified atom stereocenters. The van der Waals surface area contributed by atoms with Crippen molar-refractivity contribution in [1.82, 2.24) is 5.32 Å². The van der Waals surface area contributed by atoms with Crippen LogP contribution in [0.1, 0.15) is 5.56 Å². The fourth-order valence-corrected chi connectivity index (χ4v) is 1.35. The quantitative estimate of drug-likeness (QED) is 0.855. The lowest BCUT2D eigenvalue weighted by Crippen LogP contribution is -2.26. The van der Waals surface area contributed by atoms with Crippen LogP contribution in [0.3, 0.4) is 0 Å². The Labute approximate surface area is 91.8 Å². The van der Waals surface area contributed by atoms with Crippen molar-refractivity contribution in [3.8, 4) is 11.5 Å². The number of para-hydroxylation sites is 1. The summed E-state index contributed by atoms with van der Waals surface area (Å²) in [5, 5.41) is 2.86. The summed E-state index contributed by atoms with van der Waals surface area (Å²) in [6, 6.07) is 4.81. The zero-order valence-electron chi connectivity index (χ0n) is 7.92. The minimum Gasteiger partial charge on any atom is -0.395 e. The van der Waals surface area contributed by atoms with Gasteiger partial charge in [-0.15, -0.1) is 21.2 Å². The summed E-state index contributed by atoms with van der Waals surface area (Å²) < 4.78 is 34.1. The van der Waals surface area contributed by atoms with E-state index in [1.54, 1.807) is 19.2 Å². The Morgan fingerprint density at radius 1 is 1.33 bits per heavy atom. The number of hydrogen-bond acceptors (Lipinski definition) is 3. The van der Waals surface area contributed by atoms with E-state index in [4.69, 9.17) is 0 Å². The van der Waals surface area contributed by atoms with E-state index in [9.17, 15) is 8.78 Å². The van der Waals surface area contributed by atoms with Crippen molar-refractivity contribution in [2.45, 2.75) is 12.8 Å². The molecule has 1 aliphatic rings. The molecule has 2 rings (SSSR count). The number of halogens is 3. The molecule has 0 spiro atoms. The van der Waals surface area contributed by atoms with Crippen LogP contribution in [0.15, 0.2) is 18.2 Å². The summed E-state index contributed by atoms with van der Waals surface area (Å²) in [7, 11) is 1.73. The molecule has 0 saturated carbocycles. The Bertz CT molecular complexity index is 360. The molecular formula is C9H10ClF2NO2. The van der Waals surface area contributed by atoms with E-state index in [2.05, 4.69) is 14.8 Å². The molecule has 1 N–H and O–H groups in total. The molecule has 6 heteroatoms. The van der Waals surface area contributed by atoms with Gasteiger partial charge in [0, 0.05) is 12.1 Å². The lowest BCUT2D eigenvalue weighted by atomic mass is 10.2. The third-order valence-electron chi connectivity index (χ3n) is 1.88. The van der Waals surface area contributed by atoms with Gasteiger partial charge in [0.05, 0.1) is 0 Å². The molecule has 0 fully saturated rings. The van der Waals surface area contributed by atoms with Crippen LogP contribution in [0.2, 0.25) is 0 Å². The van der Waals surface area contributed by atoms with E-state index in [1.165, 1.54) is 6.07 Å². The first-order valence-electron chi connectivity index (χ1n) is 4.15. The number of benzene rings is 1. The third kappa shape index (κ3) is 2.30. The van der Waals surface area contributed by atoms with E-state index in [0.29, 0.717) is 12.1 Å². The van der Waals surface area contributed by atoms with Crippen LogP contribution in [-0.2, 0) is 6.54 Å². The van der Waals surface area contributed by atoms with Crippen molar-refractivity contribution >= 4 is 12.4 Å². The Kier molecular flexibility index (Phi) is 3.36. The molecule has 0 saturated heterocycles. The molecule has 0 aromatic heterocycles. The van der Waals surface area contributed by atoms with Crippen LogP contribution in [0.25, 0.3) is 0 Å². The van der Waals surface area contributed by atoms with Gasteiger partial charge in [-0.1, -0.05) is 12.1 Å². The first-order chi connectivity index (χ1) is 6.62. The highest BCUT2D eigenvalue weighted by Crippen LogP contribution is 2.42. The zero-order chi connectivity index (χ0) is 10.2. The van der Waals surface area contributed by atoms with Crippen molar-refractivity contribution in [3.63, 3.8) is 0 Å². The Balaban J connectivity index is 0.00000112. The van der Waals surface area contributed by atoms with Gasteiger partial charge in [0.15, 0.2) is 11.5 Å². The fraction of sp³-hybridized carbons (Fsp3) is 0.333. The van der Waals surface area contributed by atoms with Crippen molar-refractivity contribution in [1.29, 1.82) is 0 Å². The normalized spacial score (nSPS) is 15.9. The predicted molar refractivity (Wildman–Crippen MR) is 52.7 cm³/mol. The average molecular weight is 238 g/mol. The number of alkyl halides is 2. The van der Waals surface area contributed by atoms with Crippen LogP contribution in [0.5, 0.6) is 11.5 Å². The van der Waals surface area contributed by atoms with Crippen molar-refractivity contribution < 1.29 is 18.3 Å². The lowest BCUT2D eigenvalue weighted by Gasteiger charge is -2.06. The van der Waals surface area contributed by atoms with Crippen LogP contribution in [-0.4, -0.2) is 13.3 Å². The second-order valence-electron chi connectivity index (χ2n) is 2.94. The number of fused-ring (bicyclic) bond motifs is 1. The molecule has 1 heterocycles. The molecule has 0 aliphatic carbocycles. The fourth-order valence-electron chi connectivity index (χ4n) is 1.35.